The maximum atomic E-state index is 11.9. The molecule has 1 saturated heterocycles. The molecule has 2 fully saturated rings. The van der Waals surface area contributed by atoms with Crippen LogP contribution < -0.4 is 5.32 Å². The molecule has 1 aliphatic heterocycles. The number of rotatable bonds is 8. The summed E-state index contributed by atoms with van der Waals surface area (Å²) in [6.45, 7) is 11.0. The SMILES string of the molecule is CCNC(=NCC1(CCOCC)CC1)N1CC(C)C(C(=O)OC)C1.I. The molecule has 0 aromatic heterocycles. The quantitative estimate of drug-likeness (QED) is 0.196. The molecule has 1 aliphatic carbocycles. The van der Waals surface area contributed by atoms with Crippen LogP contribution in [-0.4, -0.2) is 63.3 Å². The van der Waals surface area contributed by atoms with Crippen molar-refractivity contribution < 1.29 is 14.3 Å². The Kier molecular flexibility index (Phi) is 9.48. The van der Waals surface area contributed by atoms with Crippen molar-refractivity contribution in [2.24, 2.45) is 22.2 Å². The molecule has 2 unspecified atom stereocenters. The summed E-state index contributed by atoms with van der Waals surface area (Å²) in [4.78, 5) is 19.0. The van der Waals surface area contributed by atoms with Gasteiger partial charge >= 0.3 is 5.97 Å². The third-order valence-corrected chi connectivity index (χ3v) is 5.25. The minimum atomic E-state index is -0.115. The van der Waals surface area contributed by atoms with Crippen LogP contribution in [0.3, 0.4) is 0 Å². The lowest BCUT2D eigenvalue weighted by molar-refractivity contribution is -0.145. The molecule has 2 aliphatic rings. The number of esters is 1. The van der Waals surface area contributed by atoms with E-state index < -0.39 is 0 Å². The fraction of sp³-hybridized carbons (Fsp3) is 0.889. The Morgan fingerprint density at radius 2 is 2.04 bits per heavy atom. The largest absolute Gasteiger partial charge is 0.469 e. The van der Waals surface area contributed by atoms with Gasteiger partial charge < -0.3 is 19.7 Å². The number of hydrogen-bond donors (Lipinski definition) is 1. The highest BCUT2D eigenvalue weighted by molar-refractivity contribution is 14.0. The molecule has 2 atom stereocenters. The van der Waals surface area contributed by atoms with Crippen LogP contribution in [0.1, 0.15) is 40.0 Å². The molecule has 25 heavy (non-hydrogen) atoms. The average molecular weight is 467 g/mol. The zero-order valence-electron chi connectivity index (χ0n) is 16.0. The lowest BCUT2D eigenvalue weighted by atomic mass is 9.99. The van der Waals surface area contributed by atoms with E-state index in [9.17, 15) is 4.79 Å². The summed E-state index contributed by atoms with van der Waals surface area (Å²) in [5.41, 5.74) is 0.336. The number of nitrogens with one attached hydrogen (secondary N) is 1. The Hall–Kier alpha value is -0.570. The first-order valence-electron chi connectivity index (χ1n) is 9.24. The summed E-state index contributed by atoms with van der Waals surface area (Å²) in [5, 5.41) is 3.38. The van der Waals surface area contributed by atoms with E-state index in [1.165, 1.54) is 20.0 Å². The van der Waals surface area contributed by atoms with Crippen molar-refractivity contribution in [1.29, 1.82) is 0 Å². The van der Waals surface area contributed by atoms with Crippen LogP contribution in [0.15, 0.2) is 4.99 Å². The summed E-state index contributed by atoms with van der Waals surface area (Å²) in [7, 11) is 1.46. The lowest BCUT2D eigenvalue weighted by Gasteiger charge is -2.22. The first-order valence-corrected chi connectivity index (χ1v) is 9.24. The Balaban J connectivity index is 0.00000312. The van der Waals surface area contributed by atoms with Gasteiger partial charge in [0, 0.05) is 39.4 Å². The Labute approximate surface area is 169 Å². The monoisotopic (exact) mass is 467 g/mol. The number of methoxy groups -OCH3 is 1. The number of guanidine groups is 1. The second kappa shape index (κ2) is 10.5. The van der Waals surface area contributed by atoms with Gasteiger partial charge in [-0.15, -0.1) is 24.0 Å². The maximum absolute atomic E-state index is 11.9. The Bertz CT molecular complexity index is 455. The van der Waals surface area contributed by atoms with E-state index in [-0.39, 0.29) is 41.8 Å². The van der Waals surface area contributed by atoms with Gasteiger partial charge in [0.25, 0.3) is 0 Å². The fourth-order valence-electron chi connectivity index (χ4n) is 3.36. The standard InChI is InChI=1S/C18H33N3O3.HI/c1-5-19-17(20-13-18(7-8-18)9-10-24-6-2)21-11-14(3)15(12-21)16(22)23-4;/h14-15H,5-13H2,1-4H3,(H,19,20);1H. The third kappa shape index (κ3) is 6.27. The first-order chi connectivity index (χ1) is 11.5. The molecule has 0 spiro atoms. The van der Waals surface area contributed by atoms with Gasteiger partial charge in [-0.2, -0.15) is 0 Å². The molecular formula is C18H34IN3O3. The number of carbonyl (C=O) groups is 1. The summed E-state index contributed by atoms with van der Waals surface area (Å²) in [5.74, 6) is 1.04. The first kappa shape index (κ1) is 22.5. The smallest absolute Gasteiger partial charge is 0.310 e. The van der Waals surface area contributed by atoms with E-state index in [2.05, 4.69) is 24.1 Å². The predicted molar refractivity (Wildman–Crippen MR) is 110 cm³/mol. The van der Waals surface area contributed by atoms with Gasteiger partial charge in [0.05, 0.1) is 13.0 Å². The number of nitrogens with zero attached hydrogens (tertiary/aromatic N) is 2. The van der Waals surface area contributed by atoms with Gasteiger partial charge in [-0.1, -0.05) is 6.92 Å². The normalized spacial score (nSPS) is 24.6. The molecule has 2 rings (SSSR count). The summed E-state index contributed by atoms with van der Waals surface area (Å²) < 4.78 is 10.4. The lowest BCUT2D eigenvalue weighted by Crippen LogP contribution is -2.41. The fourth-order valence-corrected chi connectivity index (χ4v) is 3.36. The zero-order chi connectivity index (χ0) is 17.6. The van der Waals surface area contributed by atoms with Crippen molar-refractivity contribution in [3.63, 3.8) is 0 Å². The summed E-state index contributed by atoms with van der Waals surface area (Å²) in [6, 6.07) is 0. The van der Waals surface area contributed by atoms with Crippen molar-refractivity contribution in [2.45, 2.75) is 40.0 Å². The van der Waals surface area contributed by atoms with Gasteiger partial charge in [-0.05, 0) is 44.4 Å². The number of hydrogen-bond acceptors (Lipinski definition) is 4. The van der Waals surface area contributed by atoms with E-state index >= 15 is 0 Å². The number of aliphatic imine (C=N–C) groups is 1. The van der Waals surface area contributed by atoms with Crippen molar-refractivity contribution in [3.05, 3.63) is 0 Å². The van der Waals surface area contributed by atoms with Crippen molar-refractivity contribution in [2.75, 3.05) is 46.5 Å². The molecule has 0 radical (unpaired) electrons. The molecule has 146 valence electrons. The highest BCUT2D eigenvalue weighted by atomic mass is 127. The Morgan fingerprint density at radius 1 is 1.32 bits per heavy atom. The zero-order valence-corrected chi connectivity index (χ0v) is 18.4. The molecule has 1 heterocycles. The van der Waals surface area contributed by atoms with Crippen molar-refractivity contribution >= 4 is 35.9 Å². The summed E-state index contributed by atoms with van der Waals surface area (Å²) >= 11 is 0. The molecular weight excluding hydrogens is 433 g/mol. The molecule has 0 bridgehead atoms. The van der Waals surface area contributed by atoms with Gasteiger partial charge in [0.2, 0.25) is 0 Å². The predicted octanol–water partition coefficient (Wildman–Crippen LogP) is 2.52. The van der Waals surface area contributed by atoms with Crippen LogP contribution in [-0.2, 0) is 14.3 Å². The second-order valence-corrected chi connectivity index (χ2v) is 7.13. The number of likely N-dealkylation sites (tertiary alicyclic amines) is 1. The van der Waals surface area contributed by atoms with Crippen molar-refractivity contribution in [3.8, 4) is 0 Å². The second-order valence-electron chi connectivity index (χ2n) is 7.13. The third-order valence-electron chi connectivity index (χ3n) is 5.25. The minimum Gasteiger partial charge on any atom is -0.469 e. The molecule has 1 N–H and O–H groups in total. The highest BCUT2D eigenvalue weighted by Gasteiger charge is 2.42. The molecule has 7 heteroatoms. The maximum Gasteiger partial charge on any atom is 0.310 e. The van der Waals surface area contributed by atoms with Crippen LogP contribution in [0.25, 0.3) is 0 Å². The molecule has 0 amide bonds. The molecule has 0 aromatic rings. The number of ether oxygens (including phenoxy) is 2. The van der Waals surface area contributed by atoms with Crippen LogP contribution in [0.5, 0.6) is 0 Å². The van der Waals surface area contributed by atoms with Gasteiger partial charge in [-0.3, -0.25) is 9.79 Å². The van der Waals surface area contributed by atoms with Gasteiger partial charge in [0.1, 0.15) is 0 Å². The highest BCUT2D eigenvalue weighted by Crippen LogP contribution is 2.49. The van der Waals surface area contributed by atoms with Crippen LogP contribution in [0.2, 0.25) is 0 Å². The number of halogens is 1. The minimum absolute atomic E-state index is 0. The van der Waals surface area contributed by atoms with Crippen LogP contribution >= 0.6 is 24.0 Å². The van der Waals surface area contributed by atoms with E-state index in [0.29, 0.717) is 12.0 Å². The van der Waals surface area contributed by atoms with Crippen molar-refractivity contribution in [1.82, 2.24) is 10.2 Å². The molecule has 1 saturated carbocycles. The Morgan fingerprint density at radius 3 is 2.60 bits per heavy atom. The molecule has 0 aromatic carbocycles. The van der Waals surface area contributed by atoms with Crippen LogP contribution in [0, 0.1) is 17.3 Å². The van der Waals surface area contributed by atoms with Gasteiger partial charge in [-0.25, -0.2) is 0 Å². The average Bonchev–Trinajstić information content (AvgIpc) is 3.24. The van der Waals surface area contributed by atoms with E-state index in [4.69, 9.17) is 14.5 Å². The van der Waals surface area contributed by atoms with Gasteiger partial charge in [0.15, 0.2) is 5.96 Å². The van der Waals surface area contributed by atoms with E-state index in [1.807, 2.05) is 6.92 Å². The summed E-state index contributed by atoms with van der Waals surface area (Å²) in [6.07, 6.45) is 3.57. The molecule has 6 nitrogen and oxygen atoms in total. The topological polar surface area (TPSA) is 63.2 Å². The van der Waals surface area contributed by atoms with Crippen LogP contribution in [0.4, 0.5) is 0 Å². The van der Waals surface area contributed by atoms with E-state index in [1.54, 1.807) is 0 Å². The van der Waals surface area contributed by atoms with E-state index in [0.717, 1.165) is 45.2 Å². The number of carbonyl (C=O) groups excluding carboxylic acids is 1.